The molecule has 9 aromatic rings. The zero-order valence-electron chi connectivity index (χ0n) is 26.5. The van der Waals surface area contributed by atoms with Crippen molar-refractivity contribution >= 4 is 66.2 Å². The van der Waals surface area contributed by atoms with E-state index in [2.05, 4.69) is 150 Å². The molecule has 4 heteroatoms. The van der Waals surface area contributed by atoms with E-state index in [4.69, 9.17) is 9.15 Å². The predicted octanol–water partition coefficient (Wildman–Crippen LogP) is 12.5. The van der Waals surface area contributed by atoms with Gasteiger partial charge >= 0.3 is 0 Å². The van der Waals surface area contributed by atoms with E-state index in [1.165, 1.54) is 0 Å². The molecule has 0 radical (unpaired) electrons. The topological polar surface area (TPSA) is 37.6 Å². The van der Waals surface area contributed by atoms with E-state index < -0.39 is 0 Å². The van der Waals surface area contributed by atoms with Crippen molar-refractivity contribution < 1.29 is 9.15 Å². The lowest BCUT2D eigenvalue weighted by Crippen LogP contribution is -2.10. The first kappa shape index (κ1) is 27.6. The maximum Gasteiger partial charge on any atom is 0.196 e. The molecule has 1 N–H and O–H groups in total. The Hall–Kier alpha value is -6.52. The van der Waals surface area contributed by atoms with Crippen LogP contribution in [0.1, 0.15) is 11.8 Å². The number of hydrogen-bond donors (Lipinski definition) is 1. The molecule has 1 aliphatic rings. The fourth-order valence-electron chi connectivity index (χ4n) is 7.31. The minimum Gasteiger partial charge on any atom is -0.464 e. The van der Waals surface area contributed by atoms with E-state index >= 15 is 0 Å². The van der Waals surface area contributed by atoms with Gasteiger partial charge in [0, 0.05) is 38.8 Å². The molecule has 1 aromatic heterocycles. The Kier molecular flexibility index (Phi) is 6.21. The summed E-state index contributed by atoms with van der Waals surface area (Å²) >= 11 is 0. The molecule has 0 bridgehead atoms. The summed E-state index contributed by atoms with van der Waals surface area (Å²) in [6, 6.07) is 59.8. The van der Waals surface area contributed by atoms with Crippen LogP contribution in [0.25, 0.3) is 54.6 Å². The summed E-state index contributed by atoms with van der Waals surface area (Å²) in [5, 5.41) is 10.4. The van der Waals surface area contributed by atoms with Crippen molar-refractivity contribution in [1.82, 2.24) is 0 Å². The SMILES string of the molecule is c1ccc(C2Nc3ccc4ccc5cc(N(c6ccccc6)c6cccc(-c7ccc8c(c7)oc7ccccc78)c6)ccc5c4c3O2)cc1. The van der Waals surface area contributed by atoms with Gasteiger partial charge in [0.1, 0.15) is 11.2 Å². The Bertz CT molecular complexity index is 2680. The van der Waals surface area contributed by atoms with Crippen molar-refractivity contribution in [3.63, 3.8) is 0 Å². The molecule has 0 spiro atoms. The van der Waals surface area contributed by atoms with Crippen LogP contribution >= 0.6 is 0 Å². The first-order valence-corrected chi connectivity index (χ1v) is 16.6. The third kappa shape index (κ3) is 4.61. The van der Waals surface area contributed by atoms with Crippen molar-refractivity contribution in [3.05, 3.63) is 175 Å². The zero-order valence-corrected chi connectivity index (χ0v) is 26.5. The predicted molar refractivity (Wildman–Crippen MR) is 202 cm³/mol. The fourth-order valence-corrected chi connectivity index (χ4v) is 7.31. The first-order valence-electron chi connectivity index (χ1n) is 16.6. The molecule has 0 saturated heterocycles. The van der Waals surface area contributed by atoms with Gasteiger partial charge in [-0.25, -0.2) is 0 Å². The number of fused-ring (bicyclic) bond motifs is 8. The molecule has 0 amide bonds. The van der Waals surface area contributed by atoms with Crippen LogP contribution in [0.3, 0.4) is 0 Å². The van der Waals surface area contributed by atoms with E-state index in [9.17, 15) is 0 Å². The number of anilines is 4. The Morgan fingerprint density at radius 1 is 0.469 bits per heavy atom. The van der Waals surface area contributed by atoms with E-state index in [1.807, 2.05) is 30.3 Å². The molecule has 232 valence electrons. The summed E-state index contributed by atoms with van der Waals surface area (Å²) in [7, 11) is 0. The molecule has 1 aliphatic heterocycles. The van der Waals surface area contributed by atoms with Gasteiger partial charge in [0.05, 0.1) is 5.69 Å². The summed E-state index contributed by atoms with van der Waals surface area (Å²) < 4.78 is 12.8. The second-order valence-electron chi connectivity index (χ2n) is 12.6. The van der Waals surface area contributed by atoms with Gasteiger partial charge in [-0.3, -0.25) is 0 Å². The summed E-state index contributed by atoms with van der Waals surface area (Å²) in [5.41, 5.74) is 9.41. The standard InChI is InChI=1S/C45H30N2O2/c1-3-10-30(11-4-1)45-46-40-25-21-29-18-19-33-27-36(22-24-37(33)43(29)44(40)49-45)47(34-13-5-2-6-14-34)35-15-9-12-31(26-35)32-20-23-39-38-16-7-8-17-41(38)48-42(39)28-32/h1-28,45-46H. The Labute approximate surface area is 283 Å². The fraction of sp³-hybridized carbons (Fsp3) is 0.0222. The molecule has 49 heavy (non-hydrogen) atoms. The summed E-state index contributed by atoms with van der Waals surface area (Å²) in [4.78, 5) is 2.33. The second-order valence-corrected chi connectivity index (χ2v) is 12.6. The molecule has 1 atom stereocenters. The molecule has 8 aromatic carbocycles. The second kappa shape index (κ2) is 11.0. The molecule has 0 saturated carbocycles. The van der Waals surface area contributed by atoms with Crippen molar-refractivity contribution in [3.8, 4) is 16.9 Å². The average Bonchev–Trinajstić information content (AvgIpc) is 3.77. The normalized spacial score (nSPS) is 13.8. The largest absolute Gasteiger partial charge is 0.464 e. The first-order chi connectivity index (χ1) is 24.3. The number of para-hydroxylation sites is 2. The lowest BCUT2D eigenvalue weighted by Gasteiger charge is -2.26. The van der Waals surface area contributed by atoms with Crippen LogP contribution < -0.4 is 15.0 Å². The quantitative estimate of drug-likeness (QED) is 0.192. The molecule has 0 fully saturated rings. The average molecular weight is 631 g/mol. The van der Waals surface area contributed by atoms with Gasteiger partial charge in [0.25, 0.3) is 0 Å². The third-order valence-corrected chi connectivity index (χ3v) is 9.65. The molecule has 1 unspecified atom stereocenters. The van der Waals surface area contributed by atoms with Gasteiger partial charge in [-0.15, -0.1) is 0 Å². The number of furan rings is 1. The summed E-state index contributed by atoms with van der Waals surface area (Å²) in [6.07, 6.45) is -0.218. The van der Waals surface area contributed by atoms with Gasteiger partial charge in [-0.1, -0.05) is 109 Å². The zero-order chi connectivity index (χ0) is 32.3. The van der Waals surface area contributed by atoms with Crippen LogP contribution in [-0.4, -0.2) is 0 Å². The highest BCUT2D eigenvalue weighted by Crippen LogP contribution is 2.47. The van der Waals surface area contributed by atoms with Gasteiger partial charge in [-0.05, 0) is 87.9 Å². The van der Waals surface area contributed by atoms with E-state index in [-0.39, 0.29) is 6.23 Å². The highest BCUT2D eigenvalue weighted by molar-refractivity contribution is 6.13. The number of rotatable bonds is 5. The van der Waals surface area contributed by atoms with Crippen molar-refractivity contribution in [1.29, 1.82) is 0 Å². The van der Waals surface area contributed by atoms with E-state index in [0.717, 1.165) is 88.7 Å². The summed E-state index contributed by atoms with van der Waals surface area (Å²) in [6.45, 7) is 0. The molecule has 2 heterocycles. The Morgan fingerprint density at radius 3 is 2.06 bits per heavy atom. The molecular formula is C45H30N2O2. The minimum atomic E-state index is -0.218. The Morgan fingerprint density at radius 2 is 1.16 bits per heavy atom. The number of ether oxygens (including phenoxy) is 1. The minimum absolute atomic E-state index is 0.218. The van der Waals surface area contributed by atoms with Crippen molar-refractivity contribution in [2.24, 2.45) is 0 Å². The molecular weight excluding hydrogens is 601 g/mol. The van der Waals surface area contributed by atoms with Crippen LogP contribution in [0.4, 0.5) is 22.7 Å². The van der Waals surface area contributed by atoms with Crippen molar-refractivity contribution in [2.45, 2.75) is 6.23 Å². The van der Waals surface area contributed by atoms with Crippen molar-refractivity contribution in [2.75, 3.05) is 10.2 Å². The lowest BCUT2D eigenvalue weighted by molar-refractivity contribution is 0.263. The highest BCUT2D eigenvalue weighted by Gasteiger charge is 2.26. The summed E-state index contributed by atoms with van der Waals surface area (Å²) in [5.74, 6) is 0.902. The van der Waals surface area contributed by atoms with Crippen LogP contribution in [0.5, 0.6) is 5.75 Å². The van der Waals surface area contributed by atoms with Crippen LogP contribution in [0.15, 0.2) is 174 Å². The maximum atomic E-state index is 6.60. The van der Waals surface area contributed by atoms with Gasteiger partial charge in [-0.2, -0.15) is 0 Å². The molecule has 4 nitrogen and oxygen atoms in total. The van der Waals surface area contributed by atoms with Gasteiger partial charge in [0.15, 0.2) is 12.0 Å². The maximum absolute atomic E-state index is 6.60. The smallest absolute Gasteiger partial charge is 0.196 e. The van der Waals surface area contributed by atoms with E-state index in [0.29, 0.717) is 0 Å². The van der Waals surface area contributed by atoms with Crippen LogP contribution in [0.2, 0.25) is 0 Å². The highest BCUT2D eigenvalue weighted by atomic mass is 16.5. The van der Waals surface area contributed by atoms with Gasteiger partial charge < -0.3 is 19.4 Å². The molecule has 10 rings (SSSR count). The van der Waals surface area contributed by atoms with Crippen LogP contribution in [-0.2, 0) is 0 Å². The third-order valence-electron chi connectivity index (χ3n) is 9.65. The van der Waals surface area contributed by atoms with Gasteiger partial charge in [0.2, 0.25) is 0 Å². The van der Waals surface area contributed by atoms with E-state index in [1.54, 1.807) is 0 Å². The van der Waals surface area contributed by atoms with Crippen LogP contribution in [0, 0.1) is 0 Å². The molecule has 0 aliphatic carbocycles. The number of nitrogens with one attached hydrogen (secondary N) is 1. The number of nitrogens with zero attached hydrogens (tertiary/aromatic N) is 1. The number of benzene rings is 8. The lowest BCUT2D eigenvalue weighted by atomic mass is 9.99. The number of hydrogen-bond acceptors (Lipinski definition) is 4. The Balaban J connectivity index is 1.08. The monoisotopic (exact) mass is 630 g/mol.